The van der Waals surface area contributed by atoms with Gasteiger partial charge in [-0.15, -0.1) is 10.2 Å². The van der Waals surface area contributed by atoms with Crippen molar-refractivity contribution in [3.05, 3.63) is 66.2 Å². The van der Waals surface area contributed by atoms with Crippen LogP contribution in [0.3, 0.4) is 0 Å². The molecule has 34 heavy (non-hydrogen) atoms. The third-order valence-electron chi connectivity index (χ3n) is 4.37. The van der Waals surface area contributed by atoms with Crippen molar-refractivity contribution < 1.29 is 32.3 Å². The van der Waals surface area contributed by atoms with Crippen molar-refractivity contribution in [1.29, 1.82) is 0 Å². The van der Waals surface area contributed by atoms with Crippen molar-refractivity contribution in [2.75, 3.05) is 19.6 Å². The number of rotatable bonds is 9. The summed E-state index contributed by atoms with van der Waals surface area (Å²) in [6.45, 7) is 0. The van der Waals surface area contributed by atoms with Crippen molar-refractivity contribution in [3.63, 3.8) is 0 Å². The molecule has 12 nitrogen and oxygen atoms in total. The molecule has 0 atom stereocenters. The van der Waals surface area contributed by atoms with Gasteiger partial charge in [0.1, 0.15) is 22.9 Å². The zero-order valence-corrected chi connectivity index (χ0v) is 18.7. The first-order valence-electron chi connectivity index (χ1n) is 9.47. The number of nitrogens with zero attached hydrogens (tertiary/aromatic N) is 4. The van der Waals surface area contributed by atoms with Crippen LogP contribution in [0.15, 0.2) is 86.1 Å². The van der Waals surface area contributed by atoms with Crippen LogP contribution in [0.4, 0.5) is 22.7 Å². The lowest BCUT2D eigenvalue weighted by atomic mass is 10.2. The quantitative estimate of drug-likeness (QED) is 0.211. The lowest BCUT2D eigenvalue weighted by Gasteiger charge is -2.08. The summed E-state index contributed by atoms with van der Waals surface area (Å²) >= 11 is 0. The average molecular weight is 485 g/mol. The van der Waals surface area contributed by atoms with Crippen LogP contribution in [0.2, 0.25) is 0 Å². The number of hydrogen-bond donors (Lipinski definition) is 3. The van der Waals surface area contributed by atoms with Crippen LogP contribution in [0.25, 0.3) is 0 Å². The van der Waals surface area contributed by atoms with E-state index >= 15 is 0 Å². The largest absolute Gasteiger partial charge is 0.494 e. The zero-order valence-electron chi connectivity index (χ0n) is 17.9. The summed E-state index contributed by atoms with van der Waals surface area (Å²) in [7, 11) is -1.60. The second kappa shape index (κ2) is 10.5. The van der Waals surface area contributed by atoms with Crippen LogP contribution < -0.4 is 14.9 Å². The van der Waals surface area contributed by atoms with Crippen LogP contribution in [0, 0.1) is 0 Å². The maximum absolute atomic E-state index is 11.5. The van der Waals surface area contributed by atoms with Crippen molar-refractivity contribution >= 4 is 38.8 Å². The molecule has 0 spiro atoms. The summed E-state index contributed by atoms with van der Waals surface area (Å²) in [6, 6.07) is 14.7. The number of ether oxygens (including phenoxy) is 2. The second-order valence-corrected chi connectivity index (χ2v) is 7.95. The third-order valence-corrected chi connectivity index (χ3v) is 5.22. The molecule has 0 radical (unpaired) electrons. The zero-order chi connectivity index (χ0) is 24.7. The highest BCUT2D eigenvalue weighted by molar-refractivity contribution is 7.85. The summed E-state index contributed by atoms with van der Waals surface area (Å²) in [5.74, 6) is -0.520. The van der Waals surface area contributed by atoms with Gasteiger partial charge in [0.2, 0.25) is 0 Å². The Bertz CT molecular complexity index is 1370. The predicted molar refractivity (Wildman–Crippen MR) is 122 cm³/mol. The number of methoxy groups -OCH3 is 2. The molecule has 0 heterocycles. The Balaban J connectivity index is 1.82. The van der Waals surface area contributed by atoms with E-state index in [0.717, 1.165) is 18.2 Å². The lowest BCUT2D eigenvalue weighted by Crippen LogP contribution is -2.02. The van der Waals surface area contributed by atoms with Gasteiger partial charge in [-0.05, 0) is 42.5 Å². The first-order valence-corrected chi connectivity index (χ1v) is 10.9. The molecule has 0 unspecified atom stereocenters. The number of anilines is 1. The van der Waals surface area contributed by atoms with Gasteiger partial charge in [-0.3, -0.25) is 9.98 Å². The molecule has 0 bridgehead atoms. The molecular formula is C21H19N5O7S. The molecule has 3 aromatic rings. The minimum absolute atomic E-state index is 0.105. The number of benzene rings is 3. The molecule has 0 saturated heterocycles. The molecule has 0 amide bonds. The van der Waals surface area contributed by atoms with Crippen LogP contribution in [-0.4, -0.2) is 38.3 Å². The molecule has 0 aliphatic rings. The second-order valence-electron chi connectivity index (χ2n) is 6.53. The average Bonchev–Trinajstić information content (AvgIpc) is 2.82. The fourth-order valence-corrected chi connectivity index (χ4v) is 3.23. The summed E-state index contributed by atoms with van der Waals surface area (Å²) in [5, 5.41) is 25.2. The number of carbonyl (C=O) groups is 1. The predicted octanol–water partition coefficient (Wildman–Crippen LogP) is 5.17. The molecule has 3 N–H and O–H groups in total. The molecule has 0 saturated carbocycles. The number of carboxylic acids is 1. The maximum Gasteiger partial charge on any atom is 0.338 e. The number of nitrogens with one attached hydrogen (secondary N) is 1. The Morgan fingerprint density at radius 2 is 1.62 bits per heavy atom. The van der Waals surface area contributed by atoms with Gasteiger partial charge >= 0.3 is 5.97 Å². The maximum atomic E-state index is 11.5. The Morgan fingerprint density at radius 1 is 0.882 bits per heavy atom. The van der Waals surface area contributed by atoms with Crippen LogP contribution in [0.5, 0.6) is 11.5 Å². The molecule has 3 aromatic carbocycles. The number of azo groups is 1. The fourth-order valence-electron chi connectivity index (χ4n) is 2.73. The molecule has 13 heteroatoms. The van der Waals surface area contributed by atoms with E-state index in [1.807, 2.05) is 6.07 Å². The summed E-state index contributed by atoms with van der Waals surface area (Å²) in [5.41, 5.74) is 3.53. The van der Waals surface area contributed by atoms with E-state index in [1.54, 1.807) is 30.3 Å². The van der Waals surface area contributed by atoms with E-state index in [0.29, 0.717) is 28.6 Å². The summed E-state index contributed by atoms with van der Waals surface area (Å²) in [4.78, 5) is 10.9. The highest BCUT2D eigenvalue weighted by Gasteiger charge is 2.17. The van der Waals surface area contributed by atoms with E-state index in [1.165, 1.54) is 20.3 Å². The standard InChI is InChI=1S/C21H19N5O7S/c1-32-19-6-4-3-5-17(19)24-26-25-18-9-7-13(11-20(18)33-2)22-23-16-10-8-14(34(29,30)31)12-15(16)21(27)28/h3-12H,1-2H3,(H,24,25)(H,27,28)(H,29,30,31)/b23-22+. The van der Waals surface area contributed by atoms with Gasteiger partial charge in [0, 0.05) is 6.07 Å². The number of aromatic carboxylic acids is 1. The molecule has 0 aliphatic heterocycles. The first kappa shape index (κ1) is 24.3. The first-order chi connectivity index (χ1) is 16.2. The molecule has 176 valence electrons. The van der Waals surface area contributed by atoms with E-state index in [2.05, 4.69) is 26.0 Å². The fraction of sp³-hybridized carbons (Fsp3) is 0.0952. The third kappa shape index (κ3) is 5.90. The van der Waals surface area contributed by atoms with Crippen molar-refractivity contribution in [2.24, 2.45) is 20.6 Å². The monoisotopic (exact) mass is 485 g/mol. The lowest BCUT2D eigenvalue weighted by molar-refractivity contribution is 0.0697. The highest BCUT2D eigenvalue weighted by atomic mass is 32.2. The molecule has 0 fully saturated rings. The minimum Gasteiger partial charge on any atom is -0.494 e. The van der Waals surface area contributed by atoms with Gasteiger partial charge in [-0.25, -0.2) is 4.79 Å². The summed E-state index contributed by atoms with van der Waals surface area (Å²) < 4.78 is 42.2. The molecule has 0 aromatic heterocycles. The van der Waals surface area contributed by atoms with Gasteiger partial charge in [0.05, 0.1) is 36.1 Å². The van der Waals surface area contributed by atoms with Crippen LogP contribution in [-0.2, 0) is 10.1 Å². The van der Waals surface area contributed by atoms with Gasteiger partial charge in [-0.1, -0.05) is 17.4 Å². The number of hydrogen-bond acceptors (Lipinski definition) is 9. The Hall–Kier alpha value is -4.36. The Kier molecular flexibility index (Phi) is 7.50. The van der Waals surface area contributed by atoms with Crippen LogP contribution in [0.1, 0.15) is 10.4 Å². The number of para-hydroxylation sites is 1. The SMILES string of the molecule is COc1ccccc1/N=N/Nc1ccc(/N=N/c2ccc(S(=O)(=O)O)cc2C(=O)O)cc1OC. The van der Waals surface area contributed by atoms with Gasteiger partial charge in [0.15, 0.2) is 0 Å². The van der Waals surface area contributed by atoms with Gasteiger partial charge in [-0.2, -0.15) is 13.5 Å². The Labute approximate surface area is 194 Å². The minimum atomic E-state index is -4.57. The van der Waals surface area contributed by atoms with E-state index in [-0.39, 0.29) is 5.69 Å². The van der Waals surface area contributed by atoms with Gasteiger partial charge < -0.3 is 14.6 Å². The smallest absolute Gasteiger partial charge is 0.338 e. The molecule has 3 rings (SSSR count). The van der Waals surface area contributed by atoms with E-state index in [9.17, 15) is 18.3 Å². The van der Waals surface area contributed by atoms with E-state index < -0.39 is 26.5 Å². The highest BCUT2D eigenvalue weighted by Crippen LogP contribution is 2.32. The van der Waals surface area contributed by atoms with Crippen molar-refractivity contribution in [3.8, 4) is 11.5 Å². The summed E-state index contributed by atoms with van der Waals surface area (Å²) in [6.07, 6.45) is 0. The van der Waals surface area contributed by atoms with Crippen LogP contribution >= 0.6 is 0 Å². The van der Waals surface area contributed by atoms with Crippen molar-refractivity contribution in [1.82, 2.24) is 0 Å². The van der Waals surface area contributed by atoms with Crippen molar-refractivity contribution in [2.45, 2.75) is 4.90 Å². The Morgan fingerprint density at radius 3 is 2.29 bits per heavy atom. The number of carboxylic acid groups (broad SMARTS) is 1. The van der Waals surface area contributed by atoms with E-state index in [4.69, 9.17) is 14.0 Å². The normalized spacial score (nSPS) is 11.6. The molecule has 0 aliphatic carbocycles. The van der Waals surface area contributed by atoms with Gasteiger partial charge in [0.25, 0.3) is 10.1 Å². The molecular weight excluding hydrogens is 466 g/mol. The topological polar surface area (TPSA) is 172 Å².